The number of carbonyl (C=O) groups excluding carboxylic acids is 1. The Morgan fingerprint density at radius 2 is 1.76 bits per heavy atom. The molecule has 0 heterocycles. The Balaban J connectivity index is 4.18. The third-order valence-corrected chi connectivity index (χ3v) is 3.47. The first kappa shape index (κ1) is 16.8. The molecule has 0 aliphatic rings. The van der Waals surface area contributed by atoms with Gasteiger partial charge in [-0.2, -0.15) is 11.8 Å². The summed E-state index contributed by atoms with van der Waals surface area (Å²) in [5, 5.41) is 0. The first-order valence-corrected chi connectivity index (χ1v) is 8.10. The van der Waals surface area contributed by atoms with Gasteiger partial charge in [0.2, 0.25) is 5.91 Å². The fourth-order valence-corrected chi connectivity index (χ4v) is 2.12. The van der Waals surface area contributed by atoms with Crippen molar-refractivity contribution in [1.82, 2.24) is 4.90 Å². The summed E-state index contributed by atoms with van der Waals surface area (Å²) in [5.41, 5.74) is 5.94. The fourth-order valence-electron chi connectivity index (χ4n) is 1.63. The van der Waals surface area contributed by atoms with E-state index in [1.165, 1.54) is 0 Å². The van der Waals surface area contributed by atoms with E-state index in [1.807, 2.05) is 11.2 Å². The van der Waals surface area contributed by atoms with Gasteiger partial charge in [-0.3, -0.25) is 4.79 Å². The molecule has 102 valence electrons. The molecule has 0 unspecified atom stereocenters. The minimum absolute atomic E-state index is 0.140. The number of amides is 1. The maximum Gasteiger partial charge on any atom is 0.239 e. The second-order valence-electron chi connectivity index (χ2n) is 4.42. The van der Waals surface area contributed by atoms with Gasteiger partial charge >= 0.3 is 0 Å². The SMILES string of the molecule is CCCCN(CCCC)C(=O)[C@H](N)CCSC. The lowest BCUT2D eigenvalue weighted by Crippen LogP contribution is -2.44. The van der Waals surface area contributed by atoms with Gasteiger partial charge in [0.05, 0.1) is 6.04 Å². The highest BCUT2D eigenvalue weighted by atomic mass is 32.2. The zero-order valence-electron chi connectivity index (χ0n) is 11.6. The van der Waals surface area contributed by atoms with Crippen molar-refractivity contribution >= 4 is 17.7 Å². The molecule has 0 bridgehead atoms. The number of nitrogens with zero attached hydrogens (tertiary/aromatic N) is 1. The summed E-state index contributed by atoms with van der Waals surface area (Å²) in [7, 11) is 0. The van der Waals surface area contributed by atoms with E-state index < -0.39 is 0 Å². The van der Waals surface area contributed by atoms with Crippen molar-refractivity contribution in [3.8, 4) is 0 Å². The topological polar surface area (TPSA) is 46.3 Å². The van der Waals surface area contributed by atoms with Crippen LogP contribution in [0, 0.1) is 0 Å². The number of unbranched alkanes of at least 4 members (excludes halogenated alkanes) is 2. The minimum atomic E-state index is -0.309. The Kier molecular flexibility index (Phi) is 10.8. The molecule has 0 aromatic carbocycles. The molecule has 2 N–H and O–H groups in total. The van der Waals surface area contributed by atoms with Crippen LogP contribution in [0.2, 0.25) is 0 Å². The molecule has 0 aromatic rings. The van der Waals surface area contributed by atoms with Crippen molar-refractivity contribution in [3.05, 3.63) is 0 Å². The van der Waals surface area contributed by atoms with Gasteiger partial charge in [-0.15, -0.1) is 0 Å². The number of thioether (sulfide) groups is 1. The van der Waals surface area contributed by atoms with E-state index in [0.29, 0.717) is 0 Å². The molecule has 0 aliphatic carbocycles. The van der Waals surface area contributed by atoms with E-state index in [4.69, 9.17) is 5.73 Å². The van der Waals surface area contributed by atoms with E-state index >= 15 is 0 Å². The number of rotatable bonds is 10. The van der Waals surface area contributed by atoms with Gasteiger partial charge in [-0.1, -0.05) is 26.7 Å². The maximum atomic E-state index is 12.2. The second-order valence-corrected chi connectivity index (χ2v) is 5.41. The van der Waals surface area contributed by atoms with Crippen molar-refractivity contribution in [2.24, 2.45) is 5.73 Å². The molecule has 0 radical (unpaired) electrons. The number of nitrogens with two attached hydrogens (primary N) is 1. The van der Waals surface area contributed by atoms with Crippen LogP contribution in [-0.2, 0) is 4.79 Å². The molecular formula is C13H28N2OS. The molecule has 0 saturated carbocycles. The summed E-state index contributed by atoms with van der Waals surface area (Å²) >= 11 is 1.74. The Morgan fingerprint density at radius 1 is 1.24 bits per heavy atom. The predicted molar refractivity (Wildman–Crippen MR) is 77.4 cm³/mol. The van der Waals surface area contributed by atoms with Crippen LogP contribution in [0.25, 0.3) is 0 Å². The van der Waals surface area contributed by atoms with Gasteiger partial charge in [-0.25, -0.2) is 0 Å². The first-order valence-electron chi connectivity index (χ1n) is 6.70. The predicted octanol–water partition coefficient (Wildman–Crippen LogP) is 2.50. The quantitative estimate of drug-likeness (QED) is 0.656. The van der Waals surface area contributed by atoms with E-state index in [2.05, 4.69) is 13.8 Å². The molecule has 1 atom stereocenters. The largest absolute Gasteiger partial charge is 0.341 e. The molecule has 0 aromatic heterocycles. The molecule has 17 heavy (non-hydrogen) atoms. The lowest BCUT2D eigenvalue weighted by atomic mass is 10.2. The van der Waals surface area contributed by atoms with Crippen LogP contribution in [0.3, 0.4) is 0 Å². The summed E-state index contributed by atoms with van der Waals surface area (Å²) in [6, 6.07) is -0.309. The van der Waals surface area contributed by atoms with Crippen LogP contribution < -0.4 is 5.73 Å². The van der Waals surface area contributed by atoms with Gasteiger partial charge in [-0.05, 0) is 31.3 Å². The summed E-state index contributed by atoms with van der Waals surface area (Å²) in [6.07, 6.45) is 7.22. The van der Waals surface area contributed by atoms with E-state index in [-0.39, 0.29) is 11.9 Å². The van der Waals surface area contributed by atoms with Gasteiger partial charge in [0.1, 0.15) is 0 Å². The highest BCUT2D eigenvalue weighted by Crippen LogP contribution is 2.06. The van der Waals surface area contributed by atoms with Crippen LogP contribution in [0.5, 0.6) is 0 Å². The van der Waals surface area contributed by atoms with Crippen molar-refractivity contribution in [2.75, 3.05) is 25.1 Å². The van der Waals surface area contributed by atoms with Crippen LogP contribution in [0.1, 0.15) is 46.0 Å². The first-order chi connectivity index (χ1) is 8.17. The van der Waals surface area contributed by atoms with Crippen molar-refractivity contribution in [3.63, 3.8) is 0 Å². The summed E-state index contributed by atoms with van der Waals surface area (Å²) in [4.78, 5) is 14.1. The smallest absolute Gasteiger partial charge is 0.239 e. The van der Waals surface area contributed by atoms with Crippen LogP contribution in [0.15, 0.2) is 0 Å². The summed E-state index contributed by atoms with van der Waals surface area (Å²) in [6.45, 7) is 6.02. The zero-order valence-corrected chi connectivity index (χ0v) is 12.4. The molecular weight excluding hydrogens is 232 g/mol. The Bertz CT molecular complexity index is 192. The molecule has 4 heteroatoms. The minimum Gasteiger partial charge on any atom is -0.341 e. The molecule has 0 spiro atoms. The van der Waals surface area contributed by atoms with Crippen molar-refractivity contribution in [2.45, 2.75) is 52.0 Å². The third kappa shape index (κ3) is 7.66. The molecule has 1 amide bonds. The Morgan fingerprint density at radius 3 is 2.18 bits per heavy atom. The zero-order chi connectivity index (χ0) is 13.1. The van der Waals surface area contributed by atoms with Crippen LogP contribution in [0.4, 0.5) is 0 Å². The normalized spacial score (nSPS) is 12.5. The van der Waals surface area contributed by atoms with Gasteiger partial charge in [0.15, 0.2) is 0 Å². The number of carbonyl (C=O) groups is 1. The standard InChI is InChI=1S/C13H28N2OS/c1-4-6-9-15(10-7-5-2)13(16)12(14)8-11-17-3/h12H,4-11,14H2,1-3H3/t12-/m1/s1. The highest BCUT2D eigenvalue weighted by molar-refractivity contribution is 7.98. The van der Waals surface area contributed by atoms with E-state index in [9.17, 15) is 4.79 Å². The third-order valence-electron chi connectivity index (χ3n) is 2.83. The molecule has 3 nitrogen and oxygen atoms in total. The number of hydrogen-bond donors (Lipinski definition) is 1. The average molecular weight is 260 g/mol. The van der Waals surface area contributed by atoms with Gasteiger partial charge in [0, 0.05) is 13.1 Å². The van der Waals surface area contributed by atoms with E-state index in [0.717, 1.165) is 50.9 Å². The van der Waals surface area contributed by atoms with E-state index in [1.54, 1.807) is 11.8 Å². The summed E-state index contributed by atoms with van der Waals surface area (Å²) < 4.78 is 0. The van der Waals surface area contributed by atoms with Gasteiger partial charge in [0.25, 0.3) is 0 Å². The highest BCUT2D eigenvalue weighted by Gasteiger charge is 2.19. The molecule has 0 saturated heterocycles. The van der Waals surface area contributed by atoms with Crippen LogP contribution in [-0.4, -0.2) is 41.9 Å². The Labute approximate surface area is 111 Å². The number of hydrogen-bond acceptors (Lipinski definition) is 3. The van der Waals surface area contributed by atoms with Crippen LogP contribution >= 0.6 is 11.8 Å². The monoisotopic (exact) mass is 260 g/mol. The fraction of sp³-hybridized carbons (Fsp3) is 0.923. The lowest BCUT2D eigenvalue weighted by molar-refractivity contribution is -0.132. The lowest BCUT2D eigenvalue weighted by Gasteiger charge is -2.25. The molecule has 0 aliphatic heterocycles. The molecule has 0 rings (SSSR count). The van der Waals surface area contributed by atoms with Crippen molar-refractivity contribution in [1.29, 1.82) is 0 Å². The van der Waals surface area contributed by atoms with Crippen molar-refractivity contribution < 1.29 is 4.79 Å². The summed E-state index contributed by atoms with van der Waals surface area (Å²) in [5.74, 6) is 1.10. The second kappa shape index (κ2) is 10.9. The average Bonchev–Trinajstić information content (AvgIpc) is 2.35. The Hall–Kier alpha value is -0.220. The molecule has 0 fully saturated rings. The maximum absolute atomic E-state index is 12.2. The van der Waals surface area contributed by atoms with Gasteiger partial charge < -0.3 is 10.6 Å².